The van der Waals surface area contributed by atoms with Crippen molar-refractivity contribution in [2.75, 3.05) is 0 Å². The Balaban J connectivity index is 1.88. The predicted octanol–water partition coefficient (Wildman–Crippen LogP) is 3.76. The summed E-state index contributed by atoms with van der Waals surface area (Å²) in [5, 5.41) is 11.1. The largest absolute Gasteiger partial charge is 0.384 e. The molecule has 0 amide bonds. The Morgan fingerprint density at radius 1 is 1.25 bits per heavy atom. The van der Waals surface area contributed by atoms with Gasteiger partial charge in [0.2, 0.25) is 0 Å². The molecule has 1 fully saturated rings. The zero-order valence-electron chi connectivity index (χ0n) is 12.2. The van der Waals surface area contributed by atoms with E-state index < -0.39 is 5.60 Å². The van der Waals surface area contributed by atoms with E-state index in [0.29, 0.717) is 17.1 Å². The highest BCUT2D eigenvalue weighted by Gasteiger charge is 2.63. The van der Waals surface area contributed by atoms with Crippen LogP contribution in [-0.4, -0.2) is 16.5 Å². The second-order valence-electron chi connectivity index (χ2n) is 6.76. The summed E-state index contributed by atoms with van der Waals surface area (Å²) < 4.78 is 0. The molecule has 0 bridgehead atoms. The van der Waals surface area contributed by atoms with Crippen LogP contribution in [0.15, 0.2) is 42.0 Å². The van der Waals surface area contributed by atoms with Crippen LogP contribution in [0.5, 0.6) is 0 Å². The second kappa shape index (κ2) is 4.56. The van der Waals surface area contributed by atoms with Crippen LogP contribution in [0, 0.1) is 11.3 Å². The fourth-order valence-corrected chi connectivity index (χ4v) is 4.03. The Labute approximate surface area is 120 Å². The maximum atomic E-state index is 12.6. The van der Waals surface area contributed by atoms with Crippen LogP contribution >= 0.6 is 0 Å². The molecule has 2 aliphatic carbocycles. The van der Waals surface area contributed by atoms with E-state index in [1.165, 1.54) is 0 Å². The van der Waals surface area contributed by atoms with Gasteiger partial charge in [-0.05, 0) is 31.6 Å². The molecular weight excluding hydrogens is 248 g/mol. The average Bonchev–Trinajstić information content (AvgIpc) is 2.61. The standard InChI is InChI=1S/C18H22O2/c1-13(2)12-17-9-8-15(18(17,20)11-10-17)16(19)14-6-4-3-5-7-14/h3-8,13,20H,9-12H2,1-2H3/t17-,18+/m1/s1. The lowest BCUT2D eigenvalue weighted by Crippen LogP contribution is -2.57. The van der Waals surface area contributed by atoms with Gasteiger partial charge in [0.25, 0.3) is 0 Å². The first-order chi connectivity index (χ1) is 9.48. The van der Waals surface area contributed by atoms with Crippen LogP contribution in [0.4, 0.5) is 0 Å². The van der Waals surface area contributed by atoms with Gasteiger partial charge >= 0.3 is 0 Å². The maximum absolute atomic E-state index is 12.6. The summed E-state index contributed by atoms with van der Waals surface area (Å²) in [6.45, 7) is 4.37. The van der Waals surface area contributed by atoms with Crippen molar-refractivity contribution >= 4 is 5.78 Å². The van der Waals surface area contributed by atoms with Gasteiger partial charge in [0.15, 0.2) is 5.78 Å². The monoisotopic (exact) mass is 270 g/mol. The zero-order valence-corrected chi connectivity index (χ0v) is 12.2. The van der Waals surface area contributed by atoms with Gasteiger partial charge in [-0.15, -0.1) is 0 Å². The third-order valence-corrected chi connectivity index (χ3v) is 5.06. The summed E-state index contributed by atoms with van der Waals surface area (Å²) in [4.78, 5) is 12.6. The Hall–Kier alpha value is -1.41. The van der Waals surface area contributed by atoms with Gasteiger partial charge in [-0.1, -0.05) is 50.3 Å². The van der Waals surface area contributed by atoms with E-state index in [1.54, 1.807) is 0 Å². The topological polar surface area (TPSA) is 37.3 Å². The Morgan fingerprint density at radius 2 is 1.95 bits per heavy atom. The number of carbonyl (C=O) groups excluding carboxylic acids is 1. The Kier molecular flexibility index (Phi) is 3.09. The summed E-state index contributed by atoms with van der Waals surface area (Å²) in [5.74, 6) is 0.542. The molecule has 106 valence electrons. The minimum atomic E-state index is -0.885. The number of Topliss-reactive ketones (excluding diaryl/α,β-unsaturated/α-hetero) is 1. The summed E-state index contributed by atoms with van der Waals surface area (Å²) in [7, 11) is 0. The lowest BCUT2D eigenvalue weighted by atomic mass is 9.53. The first kappa shape index (κ1) is 13.6. The minimum absolute atomic E-state index is 0.00145. The second-order valence-corrected chi connectivity index (χ2v) is 6.76. The van der Waals surface area contributed by atoms with Crippen molar-refractivity contribution in [2.24, 2.45) is 11.3 Å². The van der Waals surface area contributed by atoms with Crippen molar-refractivity contribution < 1.29 is 9.90 Å². The highest BCUT2D eigenvalue weighted by atomic mass is 16.3. The van der Waals surface area contributed by atoms with E-state index in [4.69, 9.17) is 0 Å². The summed E-state index contributed by atoms with van der Waals surface area (Å²) in [5.41, 5.74) is 0.348. The molecule has 0 radical (unpaired) electrons. The molecule has 1 N–H and O–H groups in total. The number of hydrogen-bond acceptors (Lipinski definition) is 2. The van der Waals surface area contributed by atoms with Crippen molar-refractivity contribution in [2.45, 2.75) is 45.1 Å². The third-order valence-electron chi connectivity index (χ3n) is 5.06. The number of rotatable bonds is 4. The van der Waals surface area contributed by atoms with Gasteiger partial charge in [0.1, 0.15) is 0 Å². The Bertz CT molecular complexity index is 558. The van der Waals surface area contributed by atoms with Crippen molar-refractivity contribution in [3.05, 3.63) is 47.5 Å². The minimum Gasteiger partial charge on any atom is -0.384 e. The van der Waals surface area contributed by atoms with Gasteiger partial charge in [-0.2, -0.15) is 0 Å². The number of ketones is 1. The summed E-state index contributed by atoms with van der Waals surface area (Å²) in [6, 6.07) is 9.30. The number of carbonyl (C=O) groups is 1. The first-order valence-electron chi connectivity index (χ1n) is 7.51. The maximum Gasteiger partial charge on any atom is 0.191 e. The fraction of sp³-hybridized carbons (Fsp3) is 0.500. The molecule has 0 heterocycles. The number of fused-ring (bicyclic) bond motifs is 1. The third kappa shape index (κ3) is 1.78. The smallest absolute Gasteiger partial charge is 0.191 e. The van der Waals surface area contributed by atoms with Crippen LogP contribution < -0.4 is 0 Å². The van der Waals surface area contributed by atoms with Crippen LogP contribution in [0.2, 0.25) is 0 Å². The lowest BCUT2D eigenvalue weighted by molar-refractivity contribution is -0.134. The molecule has 2 heteroatoms. The molecule has 20 heavy (non-hydrogen) atoms. The summed E-state index contributed by atoms with van der Waals surface area (Å²) in [6.07, 6.45) is 5.58. The molecule has 0 saturated heterocycles. The van der Waals surface area contributed by atoms with E-state index in [0.717, 1.165) is 25.7 Å². The molecule has 2 aliphatic rings. The molecule has 2 atom stereocenters. The van der Waals surface area contributed by atoms with Crippen molar-refractivity contribution in [1.82, 2.24) is 0 Å². The molecule has 1 aromatic carbocycles. The predicted molar refractivity (Wildman–Crippen MR) is 79.5 cm³/mol. The fourth-order valence-electron chi connectivity index (χ4n) is 4.03. The van der Waals surface area contributed by atoms with Crippen LogP contribution in [0.1, 0.15) is 49.9 Å². The van der Waals surface area contributed by atoms with Crippen LogP contribution in [0.3, 0.4) is 0 Å². The van der Waals surface area contributed by atoms with Crippen molar-refractivity contribution in [3.63, 3.8) is 0 Å². The molecule has 1 aromatic rings. The van der Waals surface area contributed by atoms with E-state index in [2.05, 4.69) is 13.8 Å². The van der Waals surface area contributed by atoms with Crippen LogP contribution in [-0.2, 0) is 0 Å². The number of allylic oxidation sites excluding steroid dienone is 1. The van der Waals surface area contributed by atoms with Gasteiger partial charge < -0.3 is 5.11 Å². The normalized spacial score (nSPS) is 31.7. The SMILES string of the molecule is CC(C)C[C@]12CC=C(C(=O)c3ccccc3)[C@@]1(O)CC2. The van der Waals surface area contributed by atoms with Crippen molar-refractivity contribution in [1.29, 1.82) is 0 Å². The van der Waals surface area contributed by atoms with E-state index in [1.807, 2.05) is 36.4 Å². The van der Waals surface area contributed by atoms with Crippen LogP contribution in [0.25, 0.3) is 0 Å². The molecule has 0 spiro atoms. The molecule has 1 saturated carbocycles. The van der Waals surface area contributed by atoms with Gasteiger partial charge in [-0.3, -0.25) is 4.79 Å². The van der Waals surface area contributed by atoms with E-state index >= 15 is 0 Å². The Morgan fingerprint density at radius 3 is 2.50 bits per heavy atom. The molecule has 0 aliphatic heterocycles. The lowest BCUT2D eigenvalue weighted by Gasteiger charge is -2.54. The number of hydrogen-bond donors (Lipinski definition) is 1. The van der Waals surface area contributed by atoms with Gasteiger partial charge in [0, 0.05) is 16.6 Å². The molecular formula is C18H22O2. The summed E-state index contributed by atoms with van der Waals surface area (Å²) >= 11 is 0. The molecule has 2 nitrogen and oxygen atoms in total. The molecule has 0 unspecified atom stereocenters. The average molecular weight is 270 g/mol. The highest BCUT2D eigenvalue weighted by Crippen LogP contribution is 2.63. The quantitative estimate of drug-likeness (QED) is 0.846. The zero-order chi connectivity index (χ0) is 14.4. The number of aliphatic hydroxyl groups is 1. The molecule has 0 aromatic heterocycles. The van der Waals surface area contributed by atoms with Gasteiger partial charge in [-0.25, -0.2) is 0 Å². The number of benzene rings is 1. The molecule has 3 rings (SSSR count). The van der Waals surface area contributed by atoms with Crippen molar-refractivity contribution in [3.8, 4) is 0 Å². The van der Waals surface area contributed by atoms with Gasteiger partial charge in [0.05, 0.1) is 5.60 Å². The van der Waals surface area contributed by atoms with E-state index in [-0.39, 0.29) is 11.2 Å². The van der Waals surface area contributed by atoms with E-state index in [9.17, 15) is 9.90 Å². The first-order valence-corrected chi connectivity index (χ1v) is 7.51. The highest BCUT2D eigenvalue weighted by molar-refractivity contribution is 6.10.